The molecule has 0 aromatic heterocycles. The highest BCUT2D eigenvalue weighted by atomic mass is 32.3. The molecule has 20 atom stereocenters. The van der Waals surface area contributed by atoms with Gasteiger partial charge in [0, 0.05) is 11.1 Å². The van der Waals surface area contributed by atoms with Crippen LogP contribution in [0.5, 0.6) is 0 Å². The summed E-state index contributed by atoms with van der Waals surface area (Å²) >= 11 is 0. The topological polar surface area (TPSA) is 704 Å². The van der Waals surface area contributed by atoms with Crippen molar-refractivity contribution in [3.05, 3.63) is 203 Å². The zero-order valence-electron chi connectivity index (χ0n) is 61.8. The first-order valence-corrected chi connectivity index (χ1v) is 45.8. The third-order valence-corrected chi connectivity index (χ3v) is 22.0. The van der Waals surface area contributed by atoms with Crippen LogP contribution < -0.4 is 0 Å². The van der Waals surface area contributed by atoms with Gasteiger partial charge in [0.15, 0.2) is 25.2 Å². The van der Waals surface area contributed by atoms with Gasteiger partial charge in [0.2, 0.25) is 0 Å². The number of carbonyl (C=O) groups is 2. The van der Waals surface area contributed by atoms with Crippen molar-refractivity contribution in [3.8, 4) is 11.1 Å². The van der Waals surface area contributed by atoms with Gasteiger partial charge in [0.1, 0.15) is 97.4 Å². The Morgan fingerprint density at radius 3 is 0.639 bits per heavy atom. The Morgan fingerprint density at radius 1 is 0.279 bits per heavy atom. The van der Waals surface area contributed by atoms with Crippen molar-refractivity contribution in [2.24, 2.45) is 0 Å². The molecule has 4 aliphatic rings. The third-order valence-electron chi connectivity index (χ3n) is 18.4. The summed E-state index contributed by atoms with van der Waals surface area (Å²) in [6.45, 7) is -8.82. The molecular weight excluding hydrogens is 1810 g/mol. The molecule has 2 amide bonds. The quantitative estimate of drug-likeness (QED) is 0.0205. The zero-order chi connectivity index (χ0) is 89.2. The van der Waals surface area contributed by atoms with E-state index in [0.717, 1.165) is 48.5 Å². The lowest BCUT2D eigenvalue weighted by Gasteiger charge is -2.53. The minimum absolute atomic E-state index is 0.0515. The van der Waals surface area contributed by atoms with Crippen LogP contribution in [-0.4, -0.2) is 295 Å². The molecule has 4 saturated heterocycles. The van der Waals surface area contributed by atoms with Crippen molar-refractivity contribution in [1.82, 2.24) is 9.80 Å². The monoisotopic (exact) mass is 1890 g/mol. The molecule has 48 nitrogen and oxygen atoms in total. The number of carbonyl (C=O) groups excluding carboxylic acids is 2. The van der Waals surface area contributed by atoms with E-state index in [1.54, 1.807) is 0 Å². The van der Waals surface area contributed by atoms with Crippen LogP contribution in [-0.2, 0) is 181 Å². The molecule has 0 bridgehead atoms. The van der Waals surface area contributed by atoms with Gasteiger partial charge in [-0.1, -0.05) is 146 Å². The van der Waals surface area contributed by atoms with Crippen LogP contribution >= 0.6 is 0 Å². The van der Waals surface area contributed by atoms with Crippen molar-refractivity contribution in [2.45, 2.75) is 149 Å². The van der Waals surface area contributed by atoms with Crippen molar-refractivity contribution in [1.29, 1.82) is 0 Å². The van der Waals surface area contributed by atoms with E-state index in [2.05, 4.69) is 16.7 Å². The van der Waals surface area contributed by atoms with Gasteiger partial charge in [0.05, 0.1) is 52.9 Å². The predicted molar refractivity (Wildman–Crippen MR) is 399 cm³/mol. The summed E-state index contributed by atoms with van der Waals surface area (Å²) < 4.78 is 369. The summed E-state index contributed by atoms with van der Waals surface area (Å²) in [6.07, 6.45) is -41.8. The zero-order valence-corrected chi connectivity index (χ0v) is 68.3. The van der Waals surface area contributed by atoms with Crippen molar-refractivity contribution < 1.29 is 205 Å². The molecule has 4 fully saturated rings. The number of hydrogen-bond donors (Lipinski definition) is 12. The molecular formula is C66H76N2O46S8. The Hall–Kier alpha value is -7.26. The maximum Gasteiger partial charge on any atom is 0.397 e. The Labute approximate surface area is 695 Å². The Morgan fingerprint density at radius 2 is 0.467 bits per heavy atom. The fraction of sp³-hybridized carbons (Fsp3) is 0.424. The molecule has 6 aromatic rings. The molecule has 0 saturated carbocycles. The van der Waals surface area contributed by atoms with E-state index in [9.17, 15) is 124 Å². The standard InChI is InChI=1S/C66H76N2O46S8/c69-53-45(33-103-115(75,76)77)107-63(99-29-37-13-5-1-6-14-37)49(57(53)111-119(87,88)89)67(50-58(112-120(90,91)92)54(70)46(34-104-116(78,79)80)108-64(50)100-30-38-15-7-2-8-16-38)61(73)43-25-21-41(22-26-43)42-23-27-44(28-24-42)62(74)68(51-59(113-121(93,94)95)55(71)47(35-105-117(81,82)83)109-65(51)101-31-39-17-9-3-10-18-39)52-60(114-122(96,97)98)56(72)48(36-106-118(84,85)86)110-66(52)102-32-40-19-11-4-12-20-40/h1-28,45-60,63-66,69-72H,29-36H2,(H,75,76,77)(H,78,79,80)(H,81,82,83)(H,84,85,86)(H,87,88,89)(H,90,91,92)(H,93,94,95)(H,96,97,98)/t45-,46-,47-,48-,49+,50+,51+,52+,53-,54-,55-,56-,57-,58-,59-,60-,63+,64+,65+,66+/m1/s1. The second-order valence-electron chi connectivity index (χ2n) is 26.7. The number of aliphatic hydroxyl groups is 4. The summed E-state index contributed by atoms with van der Waals surface area (Å²) in [5.74, 6) is -3.27. The number of hydrogen-bond acceptors (Lipinski definition) is 38. The molecule has 0 unspecified atom stereocenters. The summed E-state index contributed by atoms with van der Waals surface area (Å²) in [4.78, 5) is 33.2. The Balaban J connectivity index is 1.15. The van der Waals surface area contributed by atoms with E-state index in [-0.39, 0.29) is 43.2 Å². The number of amides is 2. The molecule has 0 aliphatic carbocycles. The number of ether oxygens (including phenoxy) is 8. The van der Waals surface area contributed by atoms with Crippen LogP contribution in [0.1, 0.15) is 43.0 Å². The molecule has 0 radical (unpaired) electrons. The Bertz CT molecular complexity index is 4870. The van der Waals surface area contributed by atoms with E-state index in [0.29, 0.717) is 0 Å². The van der Waals surface area contributed by atoms with Crippen molar-refractivity contribution in [2.75, 3.05) is 26.4 Å². The van der Waals surface area contributed by atoms with Gasteiger partial charge in [-0.05, 0) is 57.6 Å². The maximum absolute atomic E-state index is 16.3. The largest absolute Gasteiger partial charge is 0.397 e. The number of benzene rings is 6. The van der Waals surface area contributed by atoms with Crippen LogP contribution in [0.15, 0.2) is 170 Å². The van der Waals surface area contributed by atoms with E-state index in [1.165, 1.54) is 121 Å². The molecule has 674 valence electrons. The number of rotatable bonds is 39. The van der Waals surface area contributed by atoms with Gasteiger partial charge in [-0.15, -0.1) is 0 Å². The van der Waals surface area contributed by atoms with Gasteiger partial charge in [-0.25, -0.2) is 33.5 Å². The maximum atomic E-state index is 16.3. The van der Waals surface area contributed by atoms with Gasteiger partial charge >= 0.3 is 83.2 Å². The first-order chi connectivity index (χ1) is 57.0. The minimum Gasteiger partial charge on any atom is -0.387 e. The summed E-state index contributed by atoms with van der Waals surface area (Å²) in [5, 5.41) is 48.7. The molecule has 6 aromatic carbocycles. The second kappa shape index (κ2) is 40.6. The normalized spacial score (nSPS) is 27.8. The predicted octanol–water partition coefficient (Wildman–Crippen LogP) is -1.05. The molecule has 12 N–H and O–H groups in total. The Kier molecular flexibility index (Phi) is 32.2. The lowest BCUT2D eigenvalue weighted by atomic mass is 9.89. The van der Waals surface area contributed by atoms with Crippen LogP contribution in [0.3, 0.4) is 0 Å². The highest BCUT2D eigenvalue weighted by molar-refractivity contribution is 7.82. The third kappa shape index (κ3) is 27.9. The summed E-state index contributed by atoms with van der Waals surface area (Å²) in [5.41, 5.74) is -0.718. The van der Waals surface area contributed by atoms with Crippen LogP contribution in [0.2, 0.25) is 0 Å². The van der Waals surface area contributed by atoms with Gasteiger partial charge in [0.25, 0.3) is 11.8 Å². The fourth-order valence-electron chi connectivity index (χ4n) is 13.4. The number of aliphatic hydroxyl groups excluding tert-OH is 4. The first kappa shape index (κ1) is 96.9. The first-order valence-electron chi connectivity index (χ1n) is 34.9. The lowest BCUT2D eigenvalue weighted by molar-refractivity contribution is -0.314. The average Bonchev–Trinajstić information content (AvgIpc) is 0.740. The van der Waals surface area contributed by atoms with E-state index < -0.39 is 282 Å². The molecule has 4 aliphatic heterocycles. The van der Waals surface area contributed by atoms with Gasteiger partial charge in [-0.2, -0.15) is 67.3 Å². The van der Waals surface area contributed by atoms with Crippen molar-refractivity contribution in [3.63, 3.8) is 0 Å². The lowest BCUT2D eigenvalue weighted by Crippen LogP contribution is -2.74. The molecule has 0 spiro atoms. The summed E-state index contributed by atoms with van der Waals surface area (Å²) in [6, 6.07) is 26.6. The molecule has 10 rings (SSSR count). The van der Waals surface area contributed by atoms with E-state index in [1.807, 2.05) is 0 Å². The van der Waals surface area contributed by atoms with E-state index in [4.69, 9.17) is 54.6 Å². The van der Waals surface area contributed by atoms with Crippen LogP contribution in [0.4, 0.5) is 0 Å². The van der Waals surface area contributed by atoms with Gasteiger partial charge < -0.3 is 68.1 Å². The highest BCUT2D eigenvalue weighted by Gasteiger charge is 2.63. The summed E-state index contributed by atoms with van der Waals surface area (Å²) in [7, 11) is -46.4. The minimum atomic E-state index is -6.06. The van der Waals surface area contributed by atoms with Gasteiger partial charge in [-0.3, -0.25) is 46.0 Å². The molecule has 56 heteroatoms. The van der Waals surface area contributed by atoms with Crippen molar-refractivity contribution >= 4 is 95.0 Å². The van der Waals surface area contributed by atoms with E-state index >= 15 is 9.59 Å². The van der Waals surface area contributed by atoms with Crippen LogP contribution in [0, 0.1) is 0 Å². The molecule has 4 heterocycles. The highest BCUT2D eigenvalue weighted by Crippen LogP contribution is 2.42. The fourth-order valence-corrected chi connectivity index (χ4v) is 16.6. The molecule has 122 heavy (non-hydrogen) atoms. The second-order valence-corrected chi connectivity index (χ2v) is 35.2. The van der Waals surface area contributed by atoms with Crippen LogP contribution in [0.25, 0.3) is 11.1 Å². The smallest absolute Gasteiger partial charge is 0.387 e. The SMILES string of the molecule is O=C(c1ccc(-c2ccc(C(=O)N([C@@H]3[C@@H](OCc4ccccc4)O[C@H](COS(=O)(=O)O)[C@@H](O)[C@@H]3OS(=O)(=O)O)[C@@H]3[C@@H](OCc4ccccc4)O[C@H](COS(=O)(=O)O)[C@@H](O)[C@@H]3OS(=O)(=O)O)cc2)cc1)N([C@@H]1[C@@H](OCc2ccccc2)O[C@H](COS(=O)(=O)O)[C@@H](O)[C@@H]1OS(=O)(=O)O)[C@@H]1[C@@H](OCc2ccccc2)O[C@H](COS(=O)(=O)O)[C@@H](O)[C@@H]1OS(=O)(=O)O. The number of nitrogens with zero attached hydrogens (tertiary/aromatic N) is 2. The average molecular weight is 1890 g/mol.